The number of halogens is 1. The van der Waals surface area contributed by atoms with E-state index in [1.165, 1.54) is 6.07 Å². The lowest BCUT2D eigenvalue weighted by Crippen LogP contribution is -2.07. The molecular weight excluding hydrogens is 226 g/mol. The van der Waals surface area contributed by atoms with E-state index >= 15 is 0 Å². The number of rotatable bonds is 3. The molecule has 0 unspecified atom stereocenters. The molecule has 82 valence electrons. The van der Waals surface area contributed by atoms with Crippen molar-refractivity contribution in [2.24, 2.45) is 5.73 Å². The molecule has 1 aromatic heterocycles. The van der Waals surface area contributed by atoms with Gasteiger partial charge in [0, 0.05) is 6.26 Å². The molecule has 1 atom stereocenters. The summed E-state index contributed by atoms with van der Waals surface area (Å²) in [5, 5.41) is -0.0219. The molecule has 0 aliphatic heterocycles. The molecule has 0 saturated heterocycles. The zero-order valence-corrected chi connectivity index (χ0v) is 9.69. The minimum Gasteiger partial charge on any atom is -0.448 e. The van der Waals surface area contributed by atoms with Crippen LogP contribution >= 0.6 is 12.4 Å². The van der Waals surface area contributed by atoms with E-state index in [9.17, 15) is 8.42 Å². The lowest BCUT2D eigenvalue weighted by atomic mass is 10.2. The highest BCUT2D eigenvalue weighted by atomic mass is 35.5. The van der Waals surface area contributed by atoms with Gasteiger partial charge in [-0.3, -0.25) is 0 Å². The third-order valence-electron chi connectivity index (χ3n) is 1.77. The van der Waals surface area contributed by atoms with Gasteiger partial charge in [-0.15, -0.1) is 12.4 Å². The standard InChI is InChI=1S/C8H13NO3S.ClH/c1-3-6(9)7-4-5-8(12-7)13(2,10)11;/h4-6H,3,9H2,1-2H3;1H/t6-;/m0./s1. The molecule has 14 heavy (non-hydrogen) atoms. The molecule has 0 radical (unpaired) electrons. The van der Waals surface area contributed by atoms with Crippen molar-refractivity contribution in [2.75, 3.05) is 6.26 Å². The lowest BCUT2D eigenvalue weighted by Gasteiger charge is -2.02. The van der Waals surface area contributed by atoms with Gasteiger partial charge in [-0.2, -0.15) is 0 Å². The summed E-state index contributed by atoms with van der Waals surface area (Å²) < 4.78 is 27.1. The minimum atomic E-state index is -3.25. The number of hydrogen-bond acceptors (Lipinski definition) is 4. The highest BCUT2D eigenvalue weighted by Gasteiger charge is 2.15. The first kappa shape index (κ1) is 13.5. The van der Waals surface area contributed by atoms with E-state index < -0.39 is 9.84 Å². The quantitative estimate of drug-likeness (QED) is 0.868. The normalized spacial score (nSPS) is 13.4. The van der Waals surface area contributed by atoms with Crippen LogP contribution in [-0.2, 0) is 9.84 Å². The van der Waals surface area contributed by atoms with E-state index in [-0.39, 0.29) is 23.5 Å². The maximum Gasteiger partial charge on any atom is 0.217 e. The molecule has 0 saturated carbocycles. The van der Waals surface area contributed by atoms with Gasteiger partial charge < -0.3 is 10.2 Å². The van der Waals surface area contributed by atoms with Crippen molar-refractivity contribution in [1.29, 1.82) is 0 Å². The molecule has 1 rings (SSSR count). The second-order valence-electron chi connectivity index (χ2n) is 2.94. The lowest BCUT2D eigenvalue weighted by molar-refractivity contribution is 0.388. The molecule has 0 aliphatic carbocycles. The Morgan fingerprint density at radius 2 is 2.07 bits per heavy atom. The molecule has 6 heteroatoms. The summed E-state index contributed by atoms with van der Waals surface area (Å²) >= 11 is 0. The third-order valence-corrected chi connectivity index (χ3v) is 2.72. The highest BCUT2D eigenvalue weighted by molar-refractivity contribution is 7.90. The predicted octanol–water partition coefficient (Wildman–Crippen LogP) is 1.51. The monoisotopic (exact) mass is 239 g/mol. The molecule has 1 aromatic rings. The second-order valence-corrected chi connectivity index (χ2v) is 4.89. The fraction of sp³-hybridized carbons (Fsp3) is 0.500. The molecule has 1 heterocycles. The fourth-order valence-corrected chi connectivity index (χ4v) is 1.50. The largest absolute Gasteiger partial charge is 0.448 e. The zero-order chi connectivity index (χ0) is 10.1. The van der Waals surface area contributed by atoms with Gasteiger partial charge in [0.1, 0.15) is 5.76 Å². The van der Waals surface area contributed by atoms with Gasteiger partial charge in [0.25, 0.3) is 0 Å². The molecule has 0 bridgehead atoms. The maximum atomic E-state index is 11.0. The summed E-state index contributed by atoms with van der Waals surface area (Å²) in [6.07, 6.45) is 1.82. The van der Waals surface area contributed by atoms with Crippen LogP contribution in [0.1, 0.15) is 25.1 Å². The van der Waals surface area contributed by atoms with Crippen molar-refractivity contribution >= 4 is 22.2 Å². The van der Waals surface area contributed by atoms with Crippen molar-refractivity contribution in [3.8, 4) is 0 Å². The summed E-state index contributed by atoms with van der Waals surface area (Å²) in [6, 6.07) is 2.81. The minimum absolute atomic E-state index is 0. The number of hydrogen-bond donors (Lipinski definition) is 1. The summed E-state index contributed by atoms with van der Waals surface area (Å²) in [4.78, 5) is 0. The van der Waals surface area contributed by atoms with Gasteiger partial charge in [-0.25, -0.2) is 8.42 Å². The van der Waals surface area contributed by atoms with Crippen molar-refractivity contribution in [2.45, 2.75) is 24.5 Å². The Bertz CT molecular complexity index is 385. The molecule has 4 nitrogen and oxygen atoms in total. The molecule has 0 aliphatic rings. The molecule has 0 aromatic carbocycles. The highest BCUT2D eigenvalue weighted by Crippen LogP contribution is 2.19. The predicted molar refractivity (Wildman–Crippen MR) is 56.3 cm³/mol. The Morgan fingerprint density at radius 1 is 1.50 bits per heavy atom. The van der Waals surface area contributed by atoms with Crippen LogP contribution in [0.5, 0.6) is 0 Å². The van der Waals surface area contributed by atoms with Gasteiger partial charge in [-0.1, -0.05) is 6.92 Å². The Balaban J connectivity index is 0.00000169. The molecule has 0 fully saturated rings. The zero-order valence-electron chi connectivity index (χ0n) is 8.06. The Kier molecular flexibility index (Phi) is 4.64. The van der Waals surface area contributed by atoms with E-state index in [1.54, 1.807) is 6.07 Å². The first-order valence-electron chi connectivity index (χ1n) is 4.00. The number of furan rings is 1. The van der Waals surface area contributed by atoms with Crippen molar-refractivity contribution in [3.63, 3.8) is 0 Å². The number of nitrogens with two attached hydrogens (primary N) is 1. The van der Waals surface area contributed by atoms with Crippen molar-refractivity contribution < 1.29 is 12.8 Å². The Hall–Kier alpha value is -0.520. The number of sulfone groups is 1. The van der Waals surface area contributed by atoms with Gasteiger partial charge in [-0.05, 0) is 18.6 Å². The average Bonchev–Trinajstić information content (AvgIpc) is 2.50. The van der Waals surface area contributed by atoms with Crippen LogP contribution in [0.4, 0.5) is 0 Å². The Morgan fingerprint density at radius 3 is 2.43 bits per heavy atom. The van der Waals surface area contributed by atoms with Gasteiger partial charge in [0.05, 0.1) is 6.04 Å². The molecular formula is C8H14ClNO3S. The summed E-state index contributed by atoms with van der Waals surface area (Å²) in [5.74, 6) is 0.517. The van der Waals surface area contributed by atoms with Gasteiger partial charge >= 0.3 is 0 Å². The summed E-state index contributed by atoms with van der Waals surface area (Å²) in [7, 11) is -3.25. The van der Waals surface area contributed by atoms with E-state index in [4.69, 9.17) is 10.2 Å². The molecule has 0 spiro atoms. The topological polar surface area (TPSA) is 73.3 Å². The first-order chi connectivity index (χ1) is 5.95. The van der Waals surface area contributed by atoms with Crippen LogP contribution in [0.2, 0.25) is 0 Å². The average molecular weight is 240 g/mol. The fourth-order valence-electron chi connectivity index (χ4n) is 0.934. The van der Waals surface area contributed by atoms with E-state index in [0.717, 1.165) is 12.7 Å². The van der Waals surface area contributed by atoms with Crippen LogP contribution < -0.4 is 5.73 Å². The second kappa shape index (κ2) is 4.82. The van der Waals surface area contributed by atoms with Crippen LogP contribution in [0.25, 0.3) is 0 Å². The van der Waals surface area contributed by atoms with E-state index in [1.807, 2.05) is 6.92 Å². The van der Waals surface area contributed by atoms with E-state index in [2.05, 4.69) is 0 Å². The first-order valence-corrected chi connectivity index (χ1v) is 5.89. The molecule has 0 amide bonds. The smallest absolute Gasteiger partial charge is 0.217 e. The maximum absolute atomic E-state index is 11.0. The third kappa shape index (κ3) is 3.01. The van der Waals surface area contributed by atoms with Gasteiger partial charge in [0.15, 0.2) is 0 Å². The summed E-state index contributed by atoms with van der Waals surface area (Å²) in [6.45, 7) is 1.91. The van der Waals surface area contributed by atoms with Crippen LogP contribution in [0, 0.1) is 0 Å². The van der Waals surface area contributed by atoms with Crippen LogP contribution in [0.15, 0.2) is 21.6 Å². The summed E-state index contributed by atoms with van der Waals surface area (Å²) in [5.41, 5.74) is 5.66. The van der Waals surface area contributed by atoms with Gasteiger partial charge in [0.2, 0.25) is 14.9 Å². The van der Waals surface area contributed by atoms with Crippen LogP contribution in [-0.4, -0.2) is 14.7 Å². The van der Waals surface area contributed by atoms with Crippen LogP contribution in [0.3, 0.4) is 0 Å². The SMILES string of the molecule is CC[C@H](N)c1ccc(S(C)(=O)=O)o1.Cl. The van der Waals surface area contributed by atoms with E-state index in [0.29, 0.717) is 5.76 Å². The molecule has 2 N–H and O–H groups in total. The van der Waals surface area contributed by atoms with Crippen molar-refractivity contribution in [3.05, 3.63) is 17.9 Å². The van der Waals surface area contributed by atoms with Crippen molar-refractivity contribution in [1.82, 2.24) is 0 Å². The Labute approximate surface area is 89.8 Å².